The van der Waals surface area contributed by atoms with Gasteiger partial charge in [0.2, 0.25) is 15.9 Å². The van der Waals surface area contributed by atoms with Crippen LogP contribution in [0.4, 0.5) is 18.9 Å². The molecule has 6 nitrogen and oxygen atoms in total. The average molecular weight is 408 g/mol. The number of anilines is 1. The van der Waals surface area contributed by atoms with Crippen molar-refractivity contribution in [1.29, 1.82) is 0 Å². The highest BCUT2D eigenvalue weighted by atomic mass is 32.2. The number of benzene rings is 1. The fourth-order valence-corrected chi connectivity index (χ4v) is 4.80. The Morgan fingerprint density at radius 2 is 1.74 bits per heavy atom. The number of nitrogens with one attached hydrogen (secondary N) is 1. The van der Waals surface area contributed by atoms with Crippen LogP contribution >= 0.6 is 0 Å². The Bertz CT molecular complexity index is 740. The first-order valence-corrected chi connectivity index (χ1v) is 9.96. The molecule has 1 aliphatic heterocycles. The maximum absolute atomic E-state index is 12.8. The van der Waals surface area contributed by atoms with Gasteiger partial charge in [-0.15, -0.1) is 0 Å². The van der Waals surface area contributed by atoms with E-state index in [1.807, 2.05) is 13.8 Å². The molecule has 1 aliphatic rings. The number of hydrogen-bond donors (Lipinski definition) is 1. The number of hydrogen-bond acceptors (Lipinski definition) is 4. The van der Waals surface area contributed by atoms with Crippen LogP contribution < -0.4 is 5.32 Å². The van der Waals surface area contributed by atoms with Crippen molar-refractivity contribution in [2.24, 2.45) is 11.8 Å². The SMILES string of the molecule is CC1CC(C)CN(S(=O)(=O)c2ccc(NC(=O)COCC(F)(F)F)cc2)C1. The molecule has 2 rings (SSSR count). The second kappa shape index (κ2) is 8.57. The molecule has 0 aromatic heterocycles. The molecular weight excluding hydrogens is 385 g/mol. The van der Waals surface area contributed by atoms with Gasteiger partial charge in [-0.25, -0.2) is 8.42 Å². The van der Waals surface area contributed by atoms with E-state index >= 15 is 0 Å². The van der Waals surface area contributed by atoms with Gasteiger partial charge in [-0.3, -0.25) is 4.79 Å². The van der Waals surface area contributed by atoms with Crippen LogP contribution in [0.2, 0.25) is 0 Å². The fourth-order valence-electron chi connectivity index (χ4n) is 3.12. The number of ether oxygens (including phenoxy) is 1. The van der Waals surface area contributed by atoms with E-state index in [1.165, 1.54) is 28.6 Å². The summed E-state index contributed by atoms with van der Waals surface area (Å²) in [5.41, 5.74) is 0.273. The van der Waals surface area contributed by atoms with Gasteiger partial charge in [-0.05, 0) is 42.5 Å². The molecule has 2 unspecified atom stereocenters. The second-order valence-corrected chi connectivity index (χ2v) is 8.89. The number of piperidine rings is 1. The molecule has 0 bridgehead atoms. The normalized spacial score (nSPS) is 21.8. The quantitative estimate of drug-likeness (QED) is 0.785. The molecule has 2 atom stereocenters. The molecule has 1 aromatic rings. The summed E-state index contributed by atoms with van der Waals surface area (Å²) in [6.07, 6.45) is -3.52. The highest BCUT2D eigenvalue weighted by molar-refractivity contribution is 7.89. The van der Waals surface area contributed by atoms with E-state index in [9.17, 15) is 26.4 Å². The zero-order valence-electron chi connectivity index (χ0n) is 15.1. The Morgan fingerprint density at radius 3 is 2.26 bits per heavy atom. The van der Waals surface area contributed by atoms with Crippen LogP contribution in [-0.2, 0) is 19.6 Å². The highest BCUT2D eigenvalue weighted by Crippen LogP contribution is 2.27. The van der Waals surface area contributed by atoms with Crippen LogP contribution in [0.15, 0.2) is 29.2 Å². The Labute approximate surface area is 156 Å². The predicted molar refractivity (Wildman–Crippen MR) is 93.6 cm³/mol. The zero-order chi connectivity index (χ0) is 20.2. The summed E-state index contributed by atoms with van der Waals surface area (Å²) in [5.74, 6) is -0.203. The topological polar surface area (TPSA) is 75.7 Å². The standard InChI is InChI=1S/C17H23F3N2O4S/c1-12-7-13(2)9-22(8-12)27(24,25)15-5-3-14(4-6-15)21-16(23)10-26-11-17(18,19)20/h3-6,12-13H,7-11H2,1-2H3,(H,21,23). The van der Waals surface area contributed by atoms with Crippen molar-refractivity contribution >= 4 is 21.6 Å². The largest absolute Gasteiger partial charge is 0.411 e. The average Bonchev–Trinajstić information content (AvgIpc) is 2.53. The number of alkyl halides is 3. The third-order valence-electron chi connectivity index (χ3n) is 4.11. The number of sulfonamides is 1. The van der Waals surface area contributed by atoms with Crippen molar-refractivity contribution < 1.29 is 31.1 Å². The fraction of sp³-hybridized carbons (Fsp3) is 0.588. The van der Waals surface area contributed by atoms with Gasteiger partial charge in [-0.1, -0.05) is 13.8 Å². The molecule has 1 aromatic carbocycles. The molecule has 0 spiro atoms. The van der Waals surface area contributed by atoms with Crippen LogP contribution in [0.1, 0.15) is 20.3 Å². The number of carbonyl (C=O) groups is 1. The summed E-state index contributed by atoms with van der Waals surface area (Å²) in [4.78, 5) is 11.7. The van der Waals surface area contributed by atoms with Crippen molar-refractivity contribution in [2.75, 3.05) is 31.6 Å². The zero-order valence-corrected chi connectivity index (χ0v) is 15.9. The smallest absolute Gasteiger partial charge is 0.362 e. The van der Waals surface area contributed by atoms with Gasteiger partial charge >= 0.3 is 6.18 Å². The third kappa shape index (κ3) is 6.47. The van der Waals surface area contributed by atoms with Crippen LogP contribution in [-0.4, -0.2) is 51.1 Å². The first-order chi connectivity index (χ1) is 12.5. The first-order valence-electron chi connectivity index (χ1n) is 8.52. The summed E-state index contributed by atoms with van der Waals surface area (Å²) in [6.45, 7) is 2.69. The molecule has 1 heterocycles. The Hall–Kier alpha value is -1.65. The van der Waals surface area contributed by atoms with Crippen LogP contribution in [0, 0.1) is 11.8 Å². The van der Waals surface area contributed by atoms with Crippen molar-refractivity contribution in [3.8, 4) is 0 Å². The minimum atomic E-state index is -4.50. The monoisotopic (exact) mass is 408 g/mol. The number of amides is 1. The van der Waals surface area contributed by atoms with E-state index in [2.05, 4.69) is 10.1 Å². The summed E-state index contributed by atoms with van der Waals surface area (Å²) in [6, 6.07) is 5.52. The van der Waals surface area contributed by atoms with Crippen LogP contribution in [0.3, 0.4) is 0 Å². The summed E-state index contributed by atoms with van der Waals surface area (Å²) in [5, 5.41) is 2.36. The lowest BCUT2D eigenvalue weighted by Gasteiger charge is -2.34. The number of nitrogens with zero attached hydrogens (tertiary/aromatic N) is 1. The third-order valence-corrected chi connectivity index (χ3v) is 5.96. The van der Waals surface area contributed by atoms with Crippen molar-refractivity contribution in [3.05, 3.63) is 24.3 Å². The van der Waals surface area contributed by atoms with E-state index < -0.39 is 35.3 Å². The van der Waals surface area contributed by atoms with E-state index in [-0.39, 0.29) is 22.4 Å². The molecule has 152 valence electrons. The molecule has 1 saturated heterocycles. The maximum Gasteiger partial charge on any atom is 0.411 e. The summed E-state index contributed by atoms with van der Waals surface area (Å²) < 4.78 is 67.2. The first kappa shape index (κ1) is 21.6. The molecular formula is C17H23F3N2O4S. The van der Waals surface area contributed by atoms with Crippen molar-refractivity contribution in [1.82, 2.24) is 4.31 Å². The molecule has 1 N–H and O–H groups in total. The van der Waals surface area contributed by atoms with E-state index in [0.29, 0.717) is 13.1 Å². The lowest BCUT2D eigenvalue weighted by Crippen LogP contribution is -2.42. The molecule has 10 heteroatoms. The Kier molecular flexibility index (Phi) is 6.87. The van der Waals surface area contributed by atoms with Gasteiger partial charge in [0.15, 0.2) is 0 Å². The van der Waals surface area contributed by atoms with Gasteiger partial charge in [0.05, 0.1) is 4.90 Å². The second-order valence-electron chi connectivity index (χ2n) is 6.95. The van der Waals surface area contributed by atoms with Gasteiger partial charge in [0.25, 0.3) is 0 Å². The summed E-state index contributed by atoms with van der Waals surface area (Å²) in [7, 11) is -3.63. The molecule has 0 radical (unpaired) electrons. The summed E-state index contributed by atoms with van der Waals surface area (Å²) >= 11 is 0. The van der Waals surface area contributed by atoms with E-state index in [0.717, 1.165) is 6.42 Å². The van der Waals surface area contributed by atoms with E-state index in [4.69, 9.17) is 0 Å². The Balaban J connectivity index is 1.97. The number of halogens is 3. The molecule has 1 fully saturated rings. The number of carbonyl (C=O) groups excluding carboxylic acids is 1. The minimum absolute atomic E-state index is 0.107. The highest BCUT2D eigenvalue weighted by Gasteiger charge is 2.31. The predicted octanol–water partition coefficient (Wildman–Crippen LogP) is 2.87. The number of rotatable bonds is 6. The van der Waals surface area contributed by atoms with Crippen LogP contribution in [0.25, 0.3) is 0 Å². The molecule has 1 amide bonds. The van der Waals surface area contributed by atoms with E-state index in [1.54, 1.807) is 0 Å². The van der Waals surface area contributed by atoms with Gasteiger partial charge in [0, 0.05) is 18.8 Å². The van der Waals surface area contributed by atoms with Crippen molar-refractivity contribution in [2.45, 2.75) is 31.3 Å². The maximum atomic E-state index is 12.8. The van der Waals surface area contributed by atoms with Crippen molar-refractivity contribution in [3.63, 3.8) is 0 Å². The van der Waals surface area contributed by atoms with Crippen LogP contribution in [0.5, 0.6) is 0 Å². The molecule has 0 saturated carbocycles. The Morgan fingerprint density at radius 1 is 1.19 bits per heavy atom. The van der Waals surface area contributed by atoms with Gasteiger partial charge in [0.1, 0.15) is 13.2 Å². The van der Waals surface area contributed by atoms with Gasteiger partial charge < -0.3 is 10.1 Å². The molecule has 0 aliphatic carbocycles. The lowest BCUT2D eigenvalue weighted by atomic mass is 9.94. The minimum Gasteiger partial charge on any atom is -0.362 e. The van der Waals surface area contributed by atoms with Gasteiger partial charge in [-0.2, -0.15) is 17.5 Å². The molecule has 27 heavy (non-hydrogen) atoms. The lowest BCUT2D eigenvalue weighted by molar-refractivity contribution is -0.174.